The third-order valence-electron chi connectivity index (χ3n) is 2.20. The Kier molecular flexibility index (Phi) is 2.05. The highest BCUT2D eigenvalue weighted by Crippen LogP contribution is 2.08. The van der Waals surface area contributed by atoms with Gasteiger partial charge in [-0.1, -0.05) is 0 Å². The highest BCUT2D eigenvalue weighted by atomic mass is 35.5. The normalized spacial score (nSPS) is 11.2. The minimum Gasteiger partial charge on any atom is -0.200 e. The van der Waals surface area contributed by atoms with Crippen molar-refractivity contribution in [1.82, 2.24) is 39.8 Å². The van der Waals surface area contributed by atoms with E-state index in [1.165, 1.54) is 4.52 Å². The Hall–Kier alpha value is -2.09. The van der Waals surface area contributed by atoms with Crippen molar-refractivity contribution in [1.29, 1.82) is 0 Å². The van der Waals surface area contributed by atoms with E-state index >= 15 is 0 Å². The number of hydrogen-bond donors (Lipinski definition) is 0. The van der Waals surface area contributed by atoms with Gasteiger partial charge in [-0.15, -0.1) is 25.5 Å². The molecular weight excluding hydrogens is 244 g/mol. The number of hydrogen-bond acceptors (Lipinski definition) is 6. The summed E-state index contributed by atoms with van der Waals surface area (Å²) in [5, 5.41) is 23.7. The number of halogens is 1. The van der Waals surface area contributed by atoms with E-state index in [-0.39, 0.29) is 11.1 Å². The number of nitrogens with zero attached hydrogens (tertiary/aromatic N) is 8. The van der Waals surface area contributed by atoms with E-state index < -0.39 is 0 Å². The Morgan fingerprint density at radius 1 is 1.06 bits per heavy atom. The van der Waals surface area contributed by atoms with E-state index in [4.69, 9.17) is 11.6 Å². The maximum atomic E-state index is 5.81. The minimum atomic E-state index is 0.137. The Morgan fingerprint density at radius 3 is 2.53 bits per heavy atom. The summed E-state index contributed by atoms with van der Waals surface area (Å²) in [5.74, 6) is 0.574. The van der Waals surface area contributed by atoms with Crippen LogP contribution in [0, 0.1) is 13.8 Å². The molecule has 3 aromatic heterocycles. The van der Waals surface area contributed by atoms with Crippen LogP contribution in [0.1, 0.15) is 11.4 Å². The quantitative estimate of drug-likeness (QED) is 0.620. The van der Waals surface area contributed by atoms with Gasteiger partial charge < -0.3 is 0 Å². The van der Waals surface area contributed by atoms with Crippen molar-refractivity contribution in [2.45, 2.75) is 13.8 Å². The lowest BCUT2D eigenvalue weighted by Gasteiger charge is -2.00. The summed E-state index contributed by atoms with van der Waals surface area (Å²) in [6.07, 6.45) is 0. The summed E-state index contributed by atoms with van der Waals surface area (Å²) in [5.41, 5.74) is 1.79. The molecule has 3 rings (SSSR count). The molecule has 0 aromatic carbocycles. The molecule has 0 N–H and O–H groups in total. The van der Waals surface area contributed by atoms with Crippen LogP contribution >= 0.6 is 11.6 Å². The SMILES string of the molecule is Cc1cc(C)n(-c2nnc3nnc(Cl)n3n2)n1. The van der Waals surface area contributed by atoms with E-state index in [1.807, 2.05) is 19.9 Å². The number of aryl methyl sites for hydroxylation is 2. The summed E-state index contributed by atoms with van der Waals surface area (Å²) < 4.78 is 2.89. The molecule has 0 saturated carbocycles. The van der Waals surface area contributed by atoms with Gasteiger partial charge >= 0.3 is 0 Å². The Labute approximate surface area is 100 Å². The topological polar surface area (TPSA) is 86.7 Å². The van der Waals surface area contributed by atoms with E-state index in [1.54, 1.807) is 4.68 Å². The second-order valence-corrected chi connectivity index (χ2v) is 3.86. The fraction of sp³-hybridized carbons (Fsp3) is 0.250. The first-order valence-electron chi connectivity index (χ1n) is 4.80. The zero-order chi connectivity index (χ0) is 12.0. The van der Waals surface area contributed by atoms with Gasteiger partial charge in [0, 0.05) is 5.69 Å². The maximum absolute atomic E-state index is 5.81. The highest BCUT2D eigenvalue weighted by Gasteiger charge is 2.11. The molecule has 0 saturated heterocycles. The Bertz CT molecular complexity index is 699. The number of rotatable bonds is 1. The smallest absolute Gasteiger partial charge is 0.200 e. The van der Waals surface area contributed by atoms with E-state index in [0.717, 1.165) is 11.4 Å². The van der Waals surface area contributed by atoms with Gasteiger partial charge in [-0.05, 0) is 31.5 Å². The first kappa shape index (κ1) is 10.1. The fourth-order valence-electron chi connectivity index (χ4n) is 1.52. The third-order valence-corrected chi connectivity index (χ3v) is 2.44. The molecule has 0 radical (unpaired) electrons. The summed E-state index contributed by atoms with van der Waals surface area (Å²) in [7, 11) is 0. The molecule has 0 aliphatic heterocycles. The van der Waals surface area contributed by atoms with Gasteiger partial charge in [-0.3, -0.25) is 0 Å². The molecular formula is C8H7ClN8. The summed E-state index contributed by atoms with van der Waals surface area (Å²) in [6, 6.07) is 1.92. The van der Waals surface area contributed by atoms with Crippen molar-refractivity contribution in [3.05, 3.63) is 22.7 Å². The van der Waals surface area contributed by atoms with E-state index in [2.05, 4.69) is 30.6 Å². The van der Waals surface area contributed by atoms with Crippen LogP contribution in [0.15, 0.2) is 6.07 Å². The van der Waals surface area contributed by atoms with Crippen LogP contribution in [0.5, 0.6) is 0 Å². The predicted octanol–water partition coefficient (Wildman–Crippen LogP) is 0.370. The molecule has 9 heteroatoms. The second-order valence-electron chi connectivity index (χ2n) is 3.52. The molecule has 0 atom stereocenters. The minimum absolute atomic E-state index is 0.137. The molecule has 0 spiro atoms. The first-order chi connectivity index (χ1) is 8.15. The Morgan fingerprint density at radius 2 is 1.82 bits per heavy atom. The molecule has 0 aliphatic carbocycles. The van der Waals surface area contributed by atoms with Crippen molar-refractivity contribution in [2.75, 3.05) is 0 Å². The monoisotopic (exact) mass is 250 g/mol. The molecule has 17 heavy (non-hydrogen) atoms. The first-order valence-corrected chi connectivity index (χ1v) is 5.18. The Balaban J connectivity index is 2.23. The van der Waals surface area contributed by atoms with Crippen molar-refractivity contribution in [2.24, 2.45) is 0 Å². The molecule has 3 heterocycles. The van der Waals surface area contributed by atoms with Gasteiger partial charge in [-0.2, -0.15) is 9.61 Å². The van der Waals surface area contributed by atoms with Crippen LogP contribution in [0.2, 0.25) is 5.28 Å². The standard InChI is InChI=1S/C8H7ClN8/c1-4-3-5(2)16(14-4)8-13-12-7-11-10-6(9)17(7)15-8/h3H,1-2H3. The van der Waals surface area contributed by atoms with Crippen LogP contribution < -0.4 is 0 Å². The van der Waals surface area contributed by atoms with Crippen molar-refractivity contribution in [3.63, 3.8) is 0 Å². The molecule has 0 aliphatic rings. The summed E-state index contributed by atoms with van der Waals surface area (Å²) in [4.78, 5) is 0. The van der Waals surface area contributed by atoms with Crippen molar-refractivity contribution < 1.29 is 0 Å². The fourth-order valence-corrected chi connectivity index (χ4v) is 1.67. The average Bonchev–Trinajstić information content (AvgIpc) is 2.83. The highest BCUT2D eigenvalue weighted by molar-refractivity contribution is 6.28. The van der Waals surface area contributed by atoms with Crippen LogP contribution in [-0.4, -0.2) is 39.8 Å². The van der Waals surface area contributed by atoms with Crippen LogP contribution in [0.3, 0.4) is 0 Å². The van der Waals surface area contributed by atoms with Crippen molar-refractivity contribution in [3.8, 4) is 5.95 Å². The average molecular weight is 251 g/mol. The summed E-state index contributed by atoms with van der Waals surface area (Å²) >= 11 is 5.81. The second kappa shape index (κ2) is 3.45. The lowest BCUT2D eigenvalue weighted by molar-refractivity contribution is 0.699. The molecule has 86 valence electrons. The van der Waals surface area contributed by atoms with Crippen LogP contribution in [0.25, 0.3) is 11.7 Å². The van der Waals surface area contributed by atoms with Gasteiger partial charge in [0.2, 0.25) is 5.28 Å². The lowest BCUT2D eigenvalue weighted by atomic mass is 10.4. The van der Waals surface area contributed by atoms with Crippen molar-refractivity contribution >= 4 is 17.4 Å². The van der Waals surface area contributed by atoms with Gasteiger partial charge in [-0.25, -0.2) is 4.68 Å². The summed E-state index contributed by atoms with van der Waals surface area (Å²) in [6.45, 7) is 3.79. The van der Waals surface area contributed by atoms with E-state index in [0.29, 0.717) is 5.95 Å². The number of aromatic nitrogens is 8. The van der Waals surface area contributed by atoms with Crippen LogP contribution in [0.4, 0.5) is 0 Å². The van der Waals surface area contributed by atoms with Gasteiger partial charge in [0.15, 0.2) is 0 Å². The third kappa shape index (κ3) is 1.53. The molecule has 0 unspecified atom stereocenters. The van der Waals surface area contributed by atoms with E-state index in [9.17, 15) is 0 Å². The molecule has 8 nitrogen and oxygen atoms in total. The zero-order valence-corrected chi connectivity index (χ0v) is 9.79. The lowest BCUT2D eigenvalue weighted by Crippen LogP contribution is -2.10. The molecule has 0 fully saturated rings. The zero-order valence-electron chi connectivity index (χ0n) is 9.03. The van der Waals surface area contributed by atoms with Crippen LogP contribution in [-0.2, 0) is 0 Å². The van der Waals surface area contributed by atoms with Gasteiger partial charge in [0.25, 0.3) is 11.7 Å². The molecule has 3 aromatic rings. The van der Waals surface area contributed by atoms with Gasteiger partial charge in [0.1, 0.15) is 0 Å². The largest absolute Gasteiger partial charge is 0.292 e. The number of fused-ring (bicyclic) bond motifs is 1. The maximum Gasteiger partial charge on any atom is 0.292 e. The van der Waals surface area contributed by atoms with Gasteiger partial charge in [0.05, 0.1) is 5.69 Å². The molecule has 0 bridgehead atoms. The predicted molar refractivity (Wildman–Crippen MR) is 58.0 cm³/mol. The molecule has 0 amide bonds.